The second-order valence-electron chi connectivity index (χ2n) is 5.88. The molecule has 0 fully saturated rings. The zero-order valence-corrected chi connectivity index (χ0v) is 16.1. The van der Waals surface area contributed by atoms with Gasteiger partial charge in [0.25, 0.3) is 0 Å². The lowest BCUT2D eigenvalue weighted by Crippen LogP contribution is -2.12. The number of carbonyl (C=O) groups is 2. The Morgan fingerprint density at radius 3 is 2.32 bits per heavy atom. The number of hydrogen-bond donors (Lipinski definition) is 1. The molecule has 148 valence electrons. The summed E-state index contributed by atoms with van der Waals surface area (Å²) in [4.78, 5) is 23.3. The molecule has 1 amide bonds. The third-order valence-corrected chi connectivity index (χ3v) is 3.77. The Hall–Kier alpha value is -3.28. The molecule has 1 N–H and O–H groups in total. The summed E-state index contributed by atoms with van der Waals surface area (Å²) in [6.07, 6.45) is 4.01. The minimum Gasteiger partial charge on any atom is -0.497 e. The van der Waals surface area contributed by atoms with Crippen molar-refractivity contribution in [2.45, 2.75) is 19.8 Å². The van der Waals surface area contributed by atoms with E-state index in [9.17, 15) is 9.59 Å². The highest BCUT2D eigenvalue weighted by atomic mass is 16.5. The van der Waals surface area contributed by atoms with Gasteiger partial charge in [0.2, 0.25) is 5.91 Å². The number of nitrogens with one attached hydrogen (secondary N) is 1. The predicted molar refractivity (Wildman–Crippen MR) is 108 cm³/mol. The van der Waals surface area contributed by atoms with Crippen molar-refractivity contribution in [2.75, 3.05) is 25.6 Å². The summed E-state index contributed by atoms with van der Waals surface area (Å²) in [7, 11) is 1.61. The number of amides is 1. The van der Waals surface area contributed by atoms with Gasteiger partial charge in [-0.15, -0.1) is 0 Å². The van der Waals surface area contributed by atoms with Crippen LogP contribution in [0.1, 0.15) is 25.3 Å². The number of anilines is 1. The van der Waals surface area contributed by atoms with Gasteiger partial charge in [-0.2, -0.15) is 0 Å². The zero-order chi connectivity index (χ0) is 20.2. The fourth-order valence-electron chi connectivity index (χ4n) is 2.35. The van der Waals surface area contributed by atoms with E-state index < -0.39 is 0 Å². The highest BCUT2D eigenvalue weighted by Crippen LogP contribution is 2.17. The summed E-state index contributed by atoms with van der Waals surface area (Å²) in [5, 5.41) is 2.84. The third-order valence-electron chi connectivity index (χ3n) is 3.77. The molecule has 2 aromatic carbocycles. The molecule has 0 unspecified atom stereocenters. The number of carbonyl (C=O) groups excluding carboxylic acids is 2. The van der Waals surface area contributed by atoms with Crippen molar-refractivity contribution in [1.29, 1.82) is 0 Å². The highest BCUT2D eigenvalue weighted by Gasteiger charge is 2.03. The molecule has 0 radical (unpaired) electrons. The second kappa shape index (κ2) is 11.4. The van der Waals surface area contributed by atoms with Crippen LogP contribution in [-0.2, 0) is 14.3 Å². The van der Waals surface area contributed by atoms with Crippen LogP contribution in [0.2, 0.25) is 0 Å². The van der Waals surface area contributed by atoms with Crippen LogP contribution in [0.3, 0.4) is 0 Å². The molecule has 0 atom stereocenters. The van der Waals surface area contributed by atoms with E-state index in [-0.39, 0.29) is 11.9 Å². The molecule has 0 heterocycles. The van der Waals surface area contributed by atoms with Crippen molar-refractivity contribution >= 4 is 23.6 Å². The predicted octanol–water partition coefficient (Wildman–Crippen LogP) is 4.07. The lowest BCUT2D eigenvalue weighted by molar-refractivity contribution is -0.137. The van der Waals surface area contributed by atoms with Crippen molar-refractivity contribution in [3.05, 3.63) is 60.2 Å². The molecule has 0 bridgehead atoms. The molecule has 2 aromatic rings. The lowest BCUT2D eigenvalue weighted by atomic mass is 10.2. The van der Waals surface area contributed by atoms with Crippen LogP contribution >= 0.6 is 0 Å². The summed E-state index contributed by atoms with van der Waals surface area (Å²) in [5.74, 6) is 1.06. The monoisotopic (exact) mass is 383 g/mol. The van der Waals surface area contributed by atoms with E-state index in [0.29, 0.717) is 31.7 Å². The Morgan fingerprint density at radius 2 is 1.68 bits per heavy atom. The van der Waals surface area contributed by atoms with Crippen LogP contribution in [-0.4, -0.2) is 32.2 Å². The molecule has 6 nitrogen and oxygen atoms in total. The van der Waals surface area contributed by atoms with Crippen molar-refractivity contribution in [1.82, 2.24) is 0 Å². The fourth-order valence-corrected chi connectivity index (χ4v) is 2.35. The van der Waals surface area contributed by atoms with Gasteiger partial charge in [0, 0.05) is 18.2 Å². The summed E-state index contributed by atoms with van der Waals surface area (Å²) in [6.45, 7) is 2.56. The van der Waals surface area contributed by atoms with Gasteiger partial charge < -0.3 is 19.5 Å². The minimum atomic E-state index is -0.378. The van der Waals surface area contributed by atoms with Crippen molar-refractivity contribution in [3.63, 3.8) is 0 Å². The Morgan fingerprint density at radius 1 is 1.00 bits per heavy atom. The Bertz CT molecular complexity index is 782. The third kappa shape index (κ3) is 7.53. The van der Waals surface area contributed by atoms with Crippen LogP contribution in [0, 0.1) is 0 Å². The van der Waals surface area contributed by atoms with Crippen molar-refractivity contribution in [2.24, 2.45) is 0 Å². The molecule has 0 aliphatic heterocycles. The lowest BCUT2D eigenvalue weighted by Gasteiger charge is -2.08. The number of benzene rings is 2. The Balaban J connectivity index is 1.70. The van der Waals surface area contributed by atoms with Gasteiger partial charge in [-0.05, 0) is 61.4 Å². The topological polar surface area (TPSA) is 73.9 Å². The number of hydrogen-bond acceptors (Lipinski definition) is 5. The number of rotatable bonds is 10. The van der Waals surface area contributed by atoms with E-state index in [2.05, 4.69) is 5.32 Å². The maximum atomic E-state index is 12.0. The first kappa shape index (κ1) is 21.0. The summed E-state index contributed by atoms with van der Waals surface area (Å²) in [5.41, 5.74) is 1.55. The average Bonchev–Trinajstić information content (AvgIpc) is 2.71. The van der Waals surface area contributed by atoms with E-state index >= 15 is 0 Å². The number of esters is 1. The largest absolute Gasteiger partial charge is 0.497 e. The van der Waals surface area contributed by atoms with Crippen LogP contribution in [0.25, 0.3) is 6.08 Å². The molecule has 0 saturated carbocycles. The SMILES string of the molecule is CCOC(=O)/C=C/c1ccc(NC(=O)CCCOc2ccc(OC)cc2)cc1. The van der Waals surface area contributed by atoms with Gasteiger partial charge in [-0.25, -0.2) is 4.79 Å². The first-order valence-electron chi connectivity index (χ1n) is 9.12. The molecule has 0 aromatic heterocycles. The second-order valence-corrected chi connectivity index (χ2v) is 5.88. The molecule has 0 spiro atoms. The molecule has 6 heteroatoms. The first-order chi connectivity index (χ1) is 13.6. The van der Waals surface area contributed by atoms with Crippen molar-refractivity contribution < 1.29 is 23.8 Å². The van der Waals surface area contributed by atoms with Gasteiger partial charge in [0.1, 0.15) is 11.5 Å². The van der Waals surface area contributed by atoms with Crippen LogP contribution in [0.5, 0.6) is 11.5 Å². The quantitative estimate of drug-likeness (QED) is 0.380. The highest BCUT2D eigenvalue weighted by molar-refractivity contribution is 5.91. The van der Waals surface area contributed by atoms with Gasteiger partial charge in [0.05, 0.1) is 20.3 Å². The summed E-state index contributed by atoms with van der Waals surface area (Å²) in [6, 6.07) is 14.5. The zero-order valence-electron chi connectivity index (χ0n) is 16.1. The maximum absolute atomic E-state index is 12.0. The van der Waals surface area contributed by atoms with E-state index in [4.69, 9.17) is 14.2 Å². The number of methoxy groups -OCH3 is 1. The Kier molecular flexibility index (Phi) is 8.59. The number of ether oxygens (including phenoxy) is 3. The van der Waals surface area contributed by atoms with E-state index in [1.54, 1.807) is 32.2 Å². The first-order valence-corrected chi connectivity index (χ1v) is 9.12. The van der Waals surface area contributed by atoms with E-state index in [1.165, 1.54) is 6.08 Å². The smallest absolute Gasteiger partial charge is 0.330 e. The van der Waals surface area contributed by atoms with Gasteiger partial charge >= 0.3 is 5.97 Å². The van der Waals surface area contributed by atoms with Gasteiger partial charge in [-0.3, -0.25) is 4.79 Å². The molecule has 2 rings (SSSR count). The standard InChI is InChI=1S/C22H25NO5/c1-3-27-22(25)15-8-17-6-9-18(10-7-17)23-21(24)5-4-16-28-20-13-11-19(26-2)12-14-20/h6-15H,3-5,16H2,1-2H3,(H,23,24)/b15-8+. The summed E-state index contributed by atoms with van der Waals surface area (Å²) < 4.78 is 15.5. The molecular formula is C22H25NO5. The molecule has 0 aliphatic carbocycles. The van der Waals surface area contributed by atoms with E-state index in [1.807, 2.05) is 36.4 Å². The summed E-state index contributed by atoms with van der Waals surface area (Å²) >= 11 is 0. The minimum absolute atomic E-state index is 0.0758. The van der Waals surface area contributed by atoms with Gasteiger partial charge in [0.15, 0.2) is 0 Å². The maximum Gasteiger partial charge on any atom is 0.330 e. The average molecular weight is 383 g/mol. The molecule has 0 aliphatic rings. The van der Waals surface area contributed by atoms with Crippen LogP contribution < -0.4 is 14.8 Å². The van der Waals surface area contributed by atoms with Crippen LogP contribution in [0.15, 0.2) is 54.6 Å². The molecule has 0 saturated heterocycles. The van der Waals surface area contributed by atoms with Crippen molar-refractivity contribution in [3.8, 4) is 11.5 Å². The van der Waals surface area contributed by atoms with Gasteiger partial charge in [-0.1, -0.05) is 12.1 Å². The van der Waals surface area contributed by atoms with E-state index in [0.717, 1.165) is 17.1 Å². The normalized spacial score (nSPS) is 10.5. The molecular weight excluding hydrogens is 358 g/mol. The Labute approximate surface area is 165 Å². The molecule has 28 heavy (non-hydrogen) atoms. The fraction of sp³-hybridized carbons (Fsp3) is 0.273. The van der Waals surface area contributed by atoms with Crippen LogP contribution in [0.4, 0.5) is 5.69 Å².